The Labute approximate surface area is 196 Å². The average Bonchev–Trinajstić information content (AvgIpc) is 2.84. The lowest BCUT2D eigenvalue weighted by atomic mass is 9.99. The van der Waals surface area contributed by atoms with E-state index < -0.39 is 5.82 Å². The molecule has 5 nitrogen and oxygen atoms in total. The zero-order valence-electron chi connectivity index (χ0n) is 17.8. The molecule has 7 heteroatoms. The van der Waals surface area contributed by atoms with Gasteiger partial charge in [0.25, 0.3) is 0 Å². The zero-order valence-corrected chi connectivity index (χ0v) is 18.6. The van der Waals surface area contributed by atoms with Crippen molar-refractivity contribution in [3.63, 3.8) is 0 Å². The lowest BCUT2D eigenvalue weighted by molar-refractivity contribution is 0.496. The molecule has 0 spiro atoms. The molecular weight excluding hydrogens is 437 g/mol. The minimum Gasteiger partial charge on any atom is -0.341 e. The third kappa shape index (κ3) is 4.13. The molecule has 0 unspecified atom stereocenters. The molecule has 164 valence electrons. The van der Waals surface area contributed by atoms with Crippen molar-refractivity contribution in [3.05, 3.63) is 77.1 Å². The van der Waals surface area contributed by atoms with Crippen molar-refractivity contribution in [2.75, 3.05) is 18.0 Å². The fourth-order valence-electron chi connectivity index (χ4n) is 4.19. The fraction of sp³-hybridized carbons (Fsp3) is 0.192. The molecule has 0 saturated carbocycles. The van der Waals surface area contributed by atoms with Gasteiger partial charge in [-0.3, -0.25) is 0 Å². The van der Waals surface area contributed by atoms with Crippen LogP contribution in [0.5, 0.6) is 0 Å². The molecule has 1 aliphatic heterocycles. The van der Waals surface area contributed by atoms with Crippen LogP contribution in [-0.4, -0.2) is 29.1 Å². The molecular formula is C26H21ClFN5. The highest BCUT2D eigenvalue weighted by molar-refractivity contribution is 6.33. The van der Waals surface area contributed by atoms with Crippen molar-refractivity contribution in [3.8, 4) is 28.5 Å². The first-order chi connectivity index (χ1) is 16.0. The lowest BCUT2D eigenvalue weighted by Gasteiger charge is -2.30. The van der Waals surface area contributed by atoms with Crippen molar-refractivity contribution < 1.29 is 4.39 Å². The van der Waals surface area contributed by atoms with Crippen LogP contribution in [0.15, 0.2) is 60.7 Å². The Hall–Kier alpha value is -3.53. The van der Waals surface area contributed by atoms with Gasteiger partial charge >= 0.3 is 0 Å². The van der Waals surface area contributed by atoms with Gasteiger partial charge in [-0.15, -0.1) is 0 Å². The molecule has 33 heavy (non-hydrogen) atoms. The summed E-state index contributed by atoms with van der Waals surface area (Å²) in [7, 11) is 0. The van der Waals surface area contributed by atoms with Crippen LogP contribution in [-0.2, 0) is 0 Å². The Morgan fingerprint density at radius 1 is 1.00 bits per heavy atom. The highest BCUT2D eigenvalue weighted by Crippen LogP contribution is 2.35. The number of piperidine rings is 1. The first kappa shape index (κ1) is 21.3. The summed E-state index contributed by atoms with van der Waals surface area (Å²) in [5, 5.41) is 10.6. The molecule has 1 saturated heterocycles. The smallest absolute Gasteiger partial charge is 0.226 e. The highest BCUT2D eigenvalue weighted by Gasteiger charge is 2.21. The second kappa shape index (κ2) is 8.78. The first-order valence-corrected chi connectivity index (χ1v) is 11.2. The zero-order chi connectivity index (χ0) is 22.9. The Morgan fingerprint density at radius 3 is 2.48 bits per heavy atom. The van der Waals surface area contributed by atoms with Crippen LogP contribution >= 0.6 is 11.6 Å². The van der Waals surface area contributed by atoms with Crippen LogP contribution in [0.2, 0.25) is 5.02 Å². The summed E-state index contributed by atoms with van der Waals surface area (Å²) in [4.78, 5) is 11.8. The summed E-state index contributed by atoms with van der Waals surface area (Å²) >= 11 is 6.43. The number of nitrogens with two attached hydrogens (primary N) is 1. The van der Waals surface area contributed by atoms with E-state index in [1.165, 1.54) is 12.1 Å². The van der Waals surface area contributed by atoms with E-state index in [1.54, 1.807) is 6.07 Å². The van der Waals surface area contributed by atoms with Gasteiger partial charge in [-0.25, -0.2) is 14.4 Å². The Kier molecular flexibility index (Phi) is 5.67. The summed E-state index contributed by atoms with van der Waals surface area (Å²) in [6, 6.07) is 20.2. The molecule has 0 bridgehead atoms. The predicted molar refractivity (Wildman–Crippen MR) is 130 cm³/mol. The van der Waals surface area contributed by atoms with Gasteiger partial charge < -0.3 is 10.6 Å². The monoisotopic (exact) mass is 457 g/mol. The number of fused-ring (bicyclic) bond motifs is 1. The molecule has 2 heterocycles. The molecule has 0 aliphatic carbocycles. The number of benzene rings is 3. The van der Waals surface area contributed by atoms with Gasteiger partial charge in [0.1, 0.15) is 11.9 Å². The van der Waals surface area contributed by atoms with Crippen LogP contribution in [0.25, 0.3) is 33.3 Å². The maximum absolute atomic E-state index is 14.5. The van der Waals surface area contributed by atoms with Crippen LogP contribution in [0.4, 0.5) is 10.3 Å². The number of hydrogen-bond acceptors (Lipinski definition) is 5. The van der Waals surface area contributed by atoms with E-state index >= 15 is 0 Å². The number of rotatable bonds is 3. The van der Waals surface area contributed by atoms with Crippen LogP contribution in [0.1, 0.15) is 18.4 Å². The summed E-state index contributed by atoms with van der Waals surface area (Å²) in [6.45, 7) is 1.54. The largest absolute Gasteiger partial charge is 0.341 e. The third-order valence-electron chi connectivity index (χ3n) is 6.05. The molecule has 1 aliphatic rings. The van der Waals surface area contributed by atoms with Crippen LogP contribution in [0, 0.1) is 17.1 Å². The molecule has 1 aromatic heterocycles. The van der Waals surface area contributed by atoms with Gasteiger partial charge in [0.2, 0.25) is 5.95 Å². The second-order valence-electron chi connectivity index (χ2n) is 8.21. The average molecular weight is 458 g/mol. The minimum atomic E-state index is -0.575. The lowest BCUT2D eigenvalue weighted by Crippen LogP contribution is -2.40. The quantitative estimate of drug-likeness (QED) is 0.436. The minimum absolute atomic E-state index is 0.000824. The van der Waals surface area contributed by atoms with E-state index in [0.717, 1.165) is 48.0 Å². The number of halogens is 2. The van der Waals surface area contributed by atoms with Crippen molar-refractivity contribution in [2.45, 2.75) is 18.9 Å². The molecule has 3 aromatic carbocycles. The maximum atomic E-state index is 14.5. The van der Waals surface area contributed by atoms with Crippen molar-refractivity contribution in [2.24, 2.45) is 5.73 Å². The molecule has 0 atom stereocenters. The van der Waals surface area contributed by atoms with Gasteiger partial charge in [0, 0.05) is 40.7 Å². The van der Waals surface area contributed by atoms with E-state index in [4.69, 9.17) is 32.6 Å². The number of aromatic nitrogens is 2. The van der Waals surface area contributed by atoms with E-state index in [-0.39, 0.29) is 11.6 Å². The van der Waals surface area contributed by atoms with E-state index in [0.29, 0.717) is 22.2 Å². The molecule has 4 aromatic rings. The maximum Gasteiger partial charge on any atom is 0.226 e. The SMILES string of the molecule is N#Cc1ccc(-c2nc(N3CCC(N)CC3)nc3ccc(-c4ccccc4Cl)cc23)cc1F. The second-order valence-corrected chi connectivity index (χ2v) is 8.62. The van der Waals surface area contributed by atoms with Gasteiger partial charge in [0.15, 0.2) is 0 Å². The fourth-order valence-corrected chi connectivity index (χ4v) is 4.44. The summed E-state index contributed by atoms with van der Waals surface area (Å²) in [6.07, 6.45) is 1.74. The normalized spacial score (nSPS) is 14.4. The molecule has 2 N–H and O–H groups in total. The van der Waals surface area contributed by atoms with Gasteiger partial charge in [-0.1, -0.05) is 41.9 Å². The van der Waals surface area contributed by atoms with Gasteiger partial charge in [-0.2, -0.15) is 5.26 Å². The molecule has 5 rings (SSSR count). The summed E-state index contributed by atoms with van der Waals surface area (Å²) in [5.74, 6) is 0.0224. The molecule has 0 radical (unpaired) electrons. The van der Waals surface area contributed by atoms with E-state index in [1.807, 2.05) is 48.5 Å². The highest BCUT2D eigenvalue weighted by atomic mass is 35.5. The van der Waals surface area contributed by atoms with E-state index in [2.05, 4.69) is 4.90 Å². The number of nitriles is 1. The van der Waals surface area contributed by atoms with Crippen molar-refractivity contribution in [1.82, 2.24) is 9.97 Å². The predicted octanol–water partition coefficient (Wildman–Crippen LogP) is 5.56. The Morgan fingerprint density at radius 2 is 1.76 bits per heavy atom. The summed E-state index contributed by atoms with van der Waals surface area (Å²) in [5.41, 5.74) is 9.84. The molecule has 1 fully saturated rings. The van der Waals surface area contributed by atoms with Gasteiger partial charge in [-0.05, 0) is 48.7 Å². The summed E-state index contributed by atoms with van der Waals surface area (Å²) < 4.78 is 14.5. The van der Waals surface area contributed by atoms with Crippen molar-refractivity contribution >= 4 is 28.5 Å². The number of hydrogen-bond donors (Lipinski definition) is 1. The number of anilines is 1. The molecule has 0 amide bonds. The first-order valence-electron chi connectivity index (χ1n) is 10.8. The Bertz CT molecular complexity index is 1390. The number of nitrogens with zero attached hydrogens (tertiary/aromatic N) is 4. The van der Waals surface area contributed by atoms with Crippen LogP contribution in [0.3, 0.4) is 0 Å². The van der Waals surface area contributed by atoms with Gasteiger partial charge in [0.05, 0.1) is 16.8 Å². The van der Waals surface area contributed by atoms with Crippen molar-refractivity contribution in [1.29, 1.82) is 5.26 Å². The van der Waals surface area contributed by atoms with Crippen LogP contribution < -0.4 is 10.6 Å². The topological polar surface area (TPSA) is 78.8 Å². The Balaban J connectivity index is 1.70. The van der Waals surface area contributed by atoms with E-state index in [9.17, 15) is 4.39 Å². The standard InChI is InChI=1S/C26H21ClFN5/c27-22-4-2-1-3-20(22)16-7-8-24-21(13-16)25(17-5-6-18(15-29)23(28)14-17)32-26(31-24)33-11-9-19(30)10-12-33/h1-8,13-14,19H,9-12,30H2. The third-order valence-corrected chi connectivity index (χ3v) is 6.38.